The van der Waals surface area contributed by atoms with Crippen LogP contribution in [-0.2, 0) is 9.53 Å². The minimum absolute atomic E-state index is 0.210. The monoisotopic (exact) mass is 199 g/mol. The second kappa shape index (κ2) is 5.00. The summed E-state index contributed by atoms with van der Waals surface area (Å²) in [4.78, 5) is 12.8. The van der Waals surface area contributed by atoms with Crippen molar-refractivity contribution < 1.29 is 14.6 Å². The van der Waals surface area contributed by atoms with Gasteiger partial charge in [-0.25, -0.2) is 4.79 Å². The van der Waals surface area contributed by atoms with Crippen molar-refractivity contribution in [3.05, 3.63) is 12.3 Å². The van der Waals surface area contributed by atoms with Crippen molar-refractivity contribution in [2.45, 2.75) is 19.4 Å². The molecule has 0 aromatic heterocycles. The molecule has 1 N–H and O–H groups in total. The molecular weight excluding hydrogens is 182 g/mol. The van der Waals surface area contributed by atoms with Crippen LogP contribution in [0.5, 0.6) is 0 Å². The van der Waals surface area contributed by atoms with Gasteiger partial charge in [-0.3, -0.25) is 0 Å². The molecule has 4 nitrogen and oxygen atoms in total. The summed E-state index contributed by atoms with van der Waals surface area (Å²) in [6, 6.07) is 0. The van der Waals surface area contributed by atoms with Crippen molar-refractivity contribution in [2.24, 2.45) is 5.92 Å². The van der Waals surface area contributed by atoms with Gasteiger partial charge >= 0.3 is 5.97 Å². The summed E-state index contributed by atoms with van der Waals surface area (Å²) in [7, 11) is 1.36. The fourth-order valence-electron chi connectivity index (χ4n) is 1.54. The van der Waals surface area contributed by atoms with E-state index in [1.807, 2.05) is 11.8 Å². The van der Waals surface area contributed by atoms with Crippen molar-refractivity contribution in [3.8, 4) is 0 Å². The van der Waals surface area contributed by atoms with Gasteiger partial charge < -0.3 is 14.7 Å². The Morgan fingerprint density at radius 2 is 2.36 bits per heavy atom. The van der Waals surface area contributed by atoms with E-state index < -0.39 is 0 Å². The minimum Gasteiger partial charge on any atom is -0.466 e. The second-order valence-corrected chi connectivity index (χ2v) is 3.67. The van der Waals surface area contributed by atoms with Crippen molar-refractivity contribution >= 4 is 5.97 Å². The predicted octanol–water partition coefficient (Wildman–Crippen LogP) is 0.376. The molecule has 0 aliphatic carbocycles. The van der Waals surface area contributed by atoms with Gasteiger partial charge in [-0.15, -0.1) is 0 Å². The molecule has 1 rings (SSSR count). The van der Waals surface area contributed by atoms with Crippen LogP contribution in [0.25, 0.3) is 0 Å². The second-order valence-electron chi connectivity index (χ2n) is 3.67. The number of aliphatic hydroxyl groups excluding tert-OH is 1. The molecule has 0 aromatic carbocycles. The molecule has 1 saturated heterocycles. The molecule has 0 amide bonds. The first-order valence-electron chi connectivity index (χ1n) is 4.81. The van der Waals surface area contributed by atoms with Gasteiger partial charge in [-0.05, 0) is 12.3 Å². The van der Waals surface area contributed by atoms with Gasteiger partial charge in [-0.2, -0.15) is 0 Å². The molecule has 2 unspecified atom stereocenters. The van der Waals surface area contributed by atoms with Gasteiger partial charge in [0.1, 0.15) is 0 Å². The highest BCUT2D eigenvalue weighted by Gasteiger charge is 2.22. The van der Waals surface area contributed by atoms with Crippen molar-refractivity contribution in [3.63, 3.8) is 0 Å². The quantitative estimate of drug-likeness (QED) is 0.516. The van der Waals surface area contributed by atoms with Crippen LogP contribution in [0.2, 0.25) is 0 Å². The van der Waals surface area contributed by atoms with Gasteiger partial charge in [0.15, 0.2) is 0 Å². The molecule has 0 spiro atoms. The lowest BCUT2D eigenvalue weighted by molar-refractivity contribution is -0.134. The minimum atomic E-state index is -0.344. The molecule has 1 aliphatic rings. The first-order valence-corrected chi connectivity index (χ1v) is 4.81. The van der Waals surface area contributed by atoms with Crippen LogP contribution in [0.1, 0.15) is 13.3 Å². The van der Waals surface area contributed by atoms with Gasteiger partial charge in [-0.1, -0.05) is 6.92 Å². The number of carbonyl (C=O) groups excluding carboxylic acids is 1. The van der Waals surface area contributed by atoms with Crippen molar-refractivity contribution in [1.82, 2.24) is 4.90 Å². The Labute approximate surface area is 84.2 Å². The molecule has 0 aromatic rings. The van der Waals surface area contributed by atoms with Gasteiger partial charge in [0.25, 0.3) is 0 Å². The molecule has 14 heavy (non-hydrogen) atoms. The summed E-state index contributed by atoms with van der Waals surface area (Å²) in [5, 5.41) is 9.48. The summed E-state index contributed by atoms with van der Waals surface area (Å²) in [6.45, 7) is 3.58. The maximum Gasteiger partial charge on any atom is 0.331 e. The van der Waals surface area contributed by atoms with Crippen LogP contribution in [-0.4, -0.2) is 42.3 Å². The third kappa shape index (κ3) is 3.03. The maximum absolute atomic E-state index is 10.8. The smallest absolute Gasteiger partial charge is 0.331 e. The maximum atomic E-state index is 10.8. The number of ether oxygens (including phenoxy) is 1. The average molecular weight is 199 g/mol. The van der Waals surface area contributed by atoms with E-state index in [-0.39, 0.29) is 18.0 Å². The molecule has 1 heterocycles. The number of nitrogens with zero attached hydrogens (tertiary/aromatic N) is 1. The highest BCUT2D eigenvalue weighted by Crippen LogP contribution is 2.16. The Balaban J connectivity index is 2.40. The zero-order chi connectivity index (χ0) is 10.6. The van der Waals surface area contributed by atoms with Crippen LogP contribution in [0.4, 0.5) is 0 Å². The van der Waals surface area contributed by atoms with E-state index in [1.165, 1.54) is 13.2 Å². The van der Waals surface area contributed by atoms with E-state index in [4.69, 9.17) is 0 Å². The van der Waals surface area contributed by atoms with E-state index in [1.54, 1.807) is 6.20 Å². The largest absolute Gasteiger partial charge is 0.466 e. The van der Waals surface area contributed by atoms with E-state index in [2.05, 4.69) is 4.74 Å². The molecule has 1 fully saturated rings. The van der Waals surface area contributed by atoms with E-state index >= 15 is 0 Å². The highest BCUT2D eigenvalue weighted by atomic mass is 16.5. The zero-order valence-corrected chi connectivity index (χ0v) is 8.64. The number of piperidine rings is 1. The molecular formula is C10H17NO3. The predicted molar refractivity (Wildman–Crippen MR) is 52.5 cm³/mol. The van der Waals surface area contributed by atoms with Crippen LogP contribution in [0.15, 0.2) is 12.3 Å². The number of aliphatic hydroxyl groups is 1. The molecule has 4 heteroatoms. The summed E-state index contributed by atoms with van der Waals surface area (Å²) in [5.41, 5.74) is 0. The number of carbonyl (C=O) groups is 1. The Morgan fingerprint density at radius 1 is 1.64 bits per heavy atom. The Morgan fingerprint density at radius 3 is 2.93 bits per heavy atom. The van der Waals surface area contributed by atoms with Gasteiger partial charge in [0, 0.05) is 25.4 Å². The molecule has 0 saturated carbocycles. The highest BCUT2D eigenvalue weighted by molar-refractivity contribution is 5.81. The number of rotatable bonds is 2. The number of hydrogen-bond donors (Lipinski definition) is 1. The van der Waals surface area contributed by atoms with Gasteiger partial charge in [0.05, 0.1) is 13.2 Å². The van der Waals surface area contributed by atoms with Gasteiger partial charge in [0.2, 0.25) is 0 Å². The Hall–Kier alpha value is -1.03. The molecule has 0 radical (unpaired) electrons. The molecule has 2 atom stereocenters. The zero-order valence-electron chi connectivity index (χ0n) is 8.64. The lowest BCUT2D eigenvalue weighted by atomic mass is 9.97. The van der Waals surface area contributed by atoms with E-state index in [0.717, 1.165) is 19.5 Å². The van der Waals surface area contributed by atoms with Crippen LogP contribution in [0.3, 0.4) is 0 Å². The fourth-order valence-corrected chi connectivity index (χ4v) is 1.54. The van der Waals surface area contributed by atoms with Crippen molar-refractivity contribution in [1.29, 1.82) is 0 Å². The van der Waals surface area contributed by atoms with E-state index in [0.29, 0.717) is 0 Å². The molecule has 0 bridgehead atoms. The Kier molecular flexibility index (Phi) is 3.95. The summed E-state index contributed by atoms with van der Waals surface area (Å²) < 4.78 is 4.49. The molecule has 1 aliphatic heterocycles. The lowest BCUT2D eigenvalue weighted by Gasteiger charge is -2.33. The van der Waals surface area contributed by atoms with E-state index in [9.17, 15) is 9.90 Å². The van der Waals surface area contributed by atoms with Crippen LogP contribution < -0.4 is 0 Å². The summed E-state index contributed by atoms with van der Waals surface area (Å²) in [5.74, 6) is -0.0881. The standard InChI is InChI=1S/C10H17NO3/c1-8-7-11(5-3-9(8)12)6-4-10(13)14-2/h4,6,8-9,12H,3,5,7H2,1-2H3/b6-4+. The number of methoxy groups -OCH3 is 1. The average Bonchev–Trinajstić information content (AvgIpc) is 2.19. The SMILES string of the molecule is COC(=O)/C=C/N1CCC(O)C(C)C1. The van der Waals surface area contributed by atoms with Crippen molar-refractivity contribution in [2.75, 3.05) is 20.2 Å². The topological polar surface area (TPSA) is 49.8 Å². The third-order valence-electron chi connectivity index (χ3n) is 2.51. The lowest BCUT2D eigenvalue weighted by Crippen LogP contribution is -2.39. The van der Waals surface area contributed by atoms with Crippen LogP contribution in [0, 0.1) is 5.92 Å². The Bertz CT molecular complexity index is 227. The first-order chi connectivity index (χ1) is 6.63. The normalized spacial score (nSPS) is 28.1. The fraction of sp³-hybridized carbons (Fsp3) is 0.700. The van der Waals surface area contributed by atoms with Crippen LogP contribution >= 0.6 is 0 Å². The third-order valence-corrected chi connectivity index (χ3v) is 2.51. The number of likely N-dealkylation sites (tertiary alicyclic amines) is 1. The number of esters is 1. The summed E-state index contributed by atoms with van der Waals surface area (Å²) in [6.07, 6.45) is 3.68. The first kappa shape index (κ1) is 11.0. The number of hydrogen-bond acceptors (Lipinski definition) is 4. The summed E-state index contributed by atoms with van der Waals surface area (Å²) >= 11 is 0. The molecule has 80 valence electrons.